The van der Waals surface area contributed by atoms with Gasteiger partial charge in [0.25, 0.3) is 0 Å². The molecule has 0 saturated heterocycles. The van der Waals surface area contributed by atoms with Crippen LogP contribution in [-0.4, -0.2) is 32.4 Å². The van der Waals surface area contributed by atoms with E-state index in [-0.39, 0.29) is 17.7 Å². The molecule has 3 aromatic rings. The van der Waals surface area contributed by atoms with E-state index in [0.717, 1.165) is 39.6 Å². The molecule has 4 rings (SSSR count). The molecule has 0 bridgehead atoms. The van der Waals surface area contributed by atoms with Gasteiger partial charge in [-0.3, -0.25) is 14.5 Å². The minimum atomic E-state index is -0.0575. The topological polar surface area (TPSA) is 111 Å². The Kier molecular flexibility index (Phi) is 5.37. The quantitative estimate of drug-likeness (QED) is 0.471. The first-order valence-electron chi connectivity index (χ1n) is 10.0. The summed E-state index contributed by atoms with van der Waals surface area (Å²) in [5.41, 5.74) is 10.0. The van der Waals surface area contributed by atoms with Gasteiger partial charge in [0, 0.05) is 36.9 Å². The molecule has 1 aliphatic rings. The highest BCUT2D eigenvalue weighted by molar-refractivity contribution is 5.98. The Morgan fingerprint density at radius 1 is 1.35 bits per heavy atom. The Morgan fingerprint density at radius 3 is 2.87 bits per heavy atom. The molecule has 8 nitrogen and oxygen atoms in total. The molecule has 1 amide bonds. The zero-order valence-electron chi connectivity index (χ0n) is 17.8. The van der Waals surface area contributed by atoms with Crippen molar-refractivity contribution in [3.8, 4) is 0 Å². The summed E-state index contributed by atoms with van der Waals surface area (Å²) >= 11 is 0. The Balaban J connectivity index is 1.56. The van der Waals surface area contributed by atoms with E-state index in [0.29, 0.717) is 11.6 Å². The molecule has 1 saturated carbocycles. The number of nitrogen functional groups attached to an aromatic ring is 1. The number of aryl methyl sites for hydroxylation is 1. The average molecular weight is 416 g/mol. The number of nitrogens with one attached hydrogen (secondary N) is 1. The summed E-state index contributed by atoms with van der Waals surface area (Å²) < 4.78 is 1.76. The van der Waals surface area contributed by atoms with Crippen molar-refractivity contribution in [1.82, 2.24) is 19.7 Å². The zero-order chi connectivity index (χ0) is 22.1. The SMILES string of the molecule is C=N/C=C\C(C)=C(/C)c1cc2cc(NC(=O)[C@@H]3C[C@H]3c3cnn(C)c3)ncc2c(N)n1. The van der Waals surface area contributed by atoms with Gasteiger partial charge < -0.3 is 11.1 Å². The lowest BCUT2D eigenvalue weighted by Gasteiger charge is -2.10. The summed E-state index contributed by atoms with van der Waals surface area (Å²) in [6.07, 6.45) is 9.76. The van der Waals surface area contributed by atoms with Crippen LogP contribution >= 0.6 is 0 Å². The maximum Gasteiger partial charge on any atom is 0.229 e. The van der Waals surface area contributed by atoms with Crippen molar-refractivity contribution in [2.75, 3.05) is 11.1 Å². The number of nitrogens with zero attached hydrogens (tertiary/aromatic N) is 5. The fraction of sp³-hybridized carbons (Fsp3) is 0.261. The van der Waals surface area contributed by atoms with Gasteiger partial charge in [-0.25, -0.2) is 9.97 Å². The number of hydrogen-bond acceptors (Lipinski definition) is 6. The third kappa shape index (κ3) is 4.23. The summed E-state index contributed by atoms with van der Waals surface area (Å²) in [5, 5.41) is 8.74. The number of fused-ring (bicyclic) bond motifs is 1. The molecule has 158 valence electrons. The first-order chi connectivity index (χ1) is 14.9. The normalized spacial score (nSPS) is 18.8. The first kappa shape index (κ1) is 20.5. The fourth-order valence-corrected chi connectivity index (χ4v) is 3.63. The number of aliphatic imine (C=N–C) groups is 1. The summed E-state index contributed by atoms with van der Waals surface area (Å²) in [4.78, 5) is 25.3. The van der Waals surface area contributed by atoms with Crippen molar-refractivity contribution in [3.63, 3.8) is 0 Å². The third-order valence-corrected chi connectivity index (χ3v) is 5.68. The second-order valence-electron chi connectivity index (χ2n) is 7.88. The fourth-order valence-electron chi connectivity index (χ4n) is 3.63. The number of nitrogens with two attached hydrogens (primary N) is 1. The lowest BCUT2D eigenvalue weighted by atomic mass is 10.0. The second-order valence-corrected chi connectivity index (χ2v) is 7.88. The van der Waals surface area contributed by atoms with Gasteiger partial charge in [0.15, 0.2) is 0 Å². The molecule has 8 heteroatoms. The number of pyridine rings is 2. The number of rotatable bonds is 6. The zero-order valence-corrected chi connectivity index (χ0v) is 17.8. The van der Waals surface area contributed by atoms with E-state index < -0.39 is 0 Å². The standard InChI is InChI=1S/C23H25N7O/c1-13(5-6-25-3)14(2)20-7-15-8-21(26-11-19(15)22(24)28-20)29-23(31)18-9-17(18)16-10-27-30(4)12-16/h5-8,10-12,17-18H,3,9H2,1-2,4H3,(H2,24,28)(H,26,29,31)/b6-5-,14-13+/t17-,18+/m0/s1. The van der Waals surface area contributed by atoms with Gasteiger partial charge >= 0.3 is 0 Å². The Hall–Kier alpha value is -3.81. The van der Waals surface area contributed by atoms with Crippen molar-refractivity contribution in [2.24, 2.45) is 18.0 Å². The van der Waals surface area contributed by atoms with Crippen LogP contribution < -0.4 is 11.1 Å². The number of amides is 1. The molecule has 0 aromatic carbocycles. The number of allylic oxidation sites excluding steroid dienone is 3. The van der Waals surface area contributed by atoms with Crippen LogP contribution in [0.2, 0.25) is 0 Å². The molecule has 3 N–H and O–H groups in total. The predicted molar refractivity (Wildman–Crippen MR) is 124 cm³/mol. The van der Waals surface area contributed by atoms with E-state index in [1.807, 2.05) is 51.5 Å². The summed E-state index contributed by atoms with van der Waals surface area (Å²) in [5.74, 6) is 1.03. The van der Waals surface area contributed by atoms with Crippen LogP contribution in [0.5, 0.6) is 0 Å². The van der Waals surface area contributed by atoms with Crippen molar-refractivity contribution in [1.29, 1.82) is 0 Å². The molecule has 1 fully saturated rings. The van der Waals surface area contributed by atoms with E-state index >= 15 is 0 Å². The molecule has 3 aromatic heterocycles. The number of aromatic nitrogens is 4. The van der Waals surface area contributed by atoms with Gasteiger partial charge in [-0.2, -0.15) is 5.10 Å². The largest absolute Gasteiger partial charge is 0.383 e. The highest BCUT2D eigenvalue weighted by Gasteiger charge is 2.44. The minimum absolute atomic E-state index is 0.0306. The molecular weight excluding hydrogens is 390 g/mol. The summed E-state index contributed by atoms with van der Waals surface area (Å²) in [7, 11) is 1.87. The van der Waals surface area contributed by atoms with Crippen LogP contribution in [0.15, 0.2) is 53.6 Å². The molecule has 2 atom stereocenters. The van der Waals surface area contributed by atoms with E-state index in [2.05, 4.69) is 32.1 Å². The first-order valence-corrected chi connectivity index (χ1v) is 10.0. The molecule has 0 spiro atoms. The lowest BCUT2D eigenvalue weighted by molar-refractivity contribution is -0.117. The van der Waals surface area contributed by atoms with E-state index in [4.69, 9.17) is 5.73 Å². The van der Waals surface area contributed by atoms with Crippen LogP contribution in [-0.2, 0) is 11.8 Å². The van der Waals surface area contributed by atoms with Gasteiger partial charge in [-0.05, 0) is 73.2 Å². The summed E-state index contributed by atoms with van der Waals surface area (Å²) in [6, 6.07) is 3.78. The summed E-state index contributed by atoms with van der Waals surface area (Å²) in [6.45, 7) is 7.41. The highest BCUT2D eigenvalue weighted by Crippen LogP contribution is 2.47. The Labute approximate surface area is 180 Å². The van der Waals surface area contributed by atoms with Crippen molar-refractivity contribution in [2.45, 2.75) is 26.2 Å². The van der Waals surface area contributed by atoms with Gasteiger partial charge in [-0.15, -0.1) is 0 Å². The van der Waals surface area contributed by atoms with Gasteiger partial charge in [0.2, 0.25) is 5.91 Å². The highest BCUT2D eigenvalue weighted by atomic mass is 16.2. The number of carbonyl (C=O) groups excluding carboxylic acids is 1. The van der Waals surface area contributed by atoms with Gasteiger partial charge in [0.05, 0.1) is 11.9 Å². The number of anilines is 2. The van der Waals surface area contributed by atoms with Crippen LogP contribution in [0.4, 0.5) is 11.6 Å². The number of hydrogen-bond donors (Lipinski definition) is 2. The Bertz CT molecular complexity index is 1240. The maximum atomic E-state index is 12.7. The monoisotopic (exact) mass is 415 g/mol. The second kappa shape index (κ2) is 8.14. The smallest absolute Gasteiger partial charge is 0.229 e. The van der Waals surface area contributed by atoms with Crippen LogP contribution in [0.3, 0.4) is 0 Å². The number of carbonyl (C=O) groups is 1. The maximum absolute atomic E-state index is 12.7. The molecule has 31 heavy (non-hydrogen) atoms. The van der Waals surface area contributed by atoms with Gasteiger partial charge in [-0.1, -0.05) is 0 Å². The molecule has 0 unspecified atom stereocenters. The van der Waals surface area contributed by atoms with Gasteiger partial charge in [0.1, 0.15) is 11.6 Å². The van der Waals surface area contributed by atoms with Crippen LogP contribution in [0.1, 0.15) is 37.4 Å². The Morgan fingerprint density at radius 2 is 2.16 bits per heavy atom. The minimum Gasteiger partial charge on any atom is -0.383 e. The third-order valence-electron chi connectivity index (χ3n) is 5.68. The molecular formula is C23H25N7O. The van der Waals surface area contributed by atoms with E-state index in [1.165, 1.54) is 0 Å². The lowest BCUT2D eigenvalue weighted by Crippen LogP contribution is -2.15. The average Bonchev–Trinajstić information content (AvgIpc) is 3.44. The predicted octanol–water partition coefficient (Wildman–Crippen LogP) is 3.70. The molecule has 0 radical (unpaired) electrons. The van der Waals surface area contributed by atoms with Crippen LogP contribution in [0.25, 0.3) is 16.3 Å². The molecule has 0 aliphatic heterocycles. The van der Waals surface area contributed by atoms with Crippen LogP contribution in [0, 0.1) is 5.92 Å². The van der Waals surface area contributed by atoms with Crippen molar-refractivity contribution >= 4 is 40.6 Å². The molecule has 3 heterocycles. The van der Waals surface area contributed by atoms with Crippen molar-refractivity contribution in [3.05, 3.63) is 59.8 Å². The van der Waals surface area contributed by atoms with E-state index in [1.54, 1.807) is 17.1 Å². The van der Waals surface area contributed by atoms with E-state index in [9.17, 15) is 4.79 Å². The molecule has 1 aliphatic carbocycles. The van der Waals surface area contributed by atoms with Crippen molar-refractivity contribution < 1.29 is 4.79 Å².